The smallest absolute Gasteiger partial charge is 0.143 e. The lowest BCUT2D eigenvalue weighted by Crippen LogP contribution is -2.16. The van der Waals surface area contributed by atoms with Crippen LogP contribution in [0.1, 0.15) is 25.0 Å². The Labute approximate surface area is 297 Å². The predicted octanol–water partition coefficient (Wildman–Crippen LogP) is 13.8. The zero-order valence-electron chi connectivity index (χ0n) is 28.6. The van der Waals surface area contributed by atoms with E-state index >= 15 is 0 Å². The molecule has 2 nitrogen and oxygen atoms in total. The van der Waals surface area contributed by atoms with E-state index in [2.05, 4.69) is 183 Å². The van der Waals surface area contributed by atoms with Crippen LogP contribution in [0, 0.1) is 0 Å². The number of anilines is 3. The van der Waals surface area contributed by atoms with Crippen LogP contribution in [0.15, 0.2) is 180 Å². The third kappa shape index (κ3) is 4.71. The highest BCUT2D eigenvalue weighted by Gasteiger charge is 2.35. The molecule has 1 aliphatic carbocycles. The van der Waals surface area contributed by atoms with Crippen molar-refractivity contribution in [3.05, 3.63) is 187 Å². The molecule has 0 radical (unpaired) electrons. The van der Waals surface area contributed by atoms with Crippen molar-refractivity contribution in [1.29, 1.82) is 0 Å². The summed E-state index contributed by atoms with van der Waals surface area (Å²) >= 11 is 0. The number of fused-ring (bicyclic) bond motifs is 7. The first-order chi connectivity index (χ1) is 25.0. The molecule has 10 rings (SSSR count). The standard InChI is InChI=1S/C49H35NO/c1-49(2)45-19-7-5-15-41(45)42-28-27-39(31-46(42)49)50(38-14-9-13-35(30-38)36-22-21-32-11-3-4-12-34(32)29-36)37-25-23-33(24-26-37)40-17-10-18-44-43-16-6-8-20-47(43)51-48(40)44/h3-31H,1-2H3. The van der Waals surface area contributed by atoms with Crippen molar-refractivity contribution in [2.45, 2.75) is 19.3 Å². The van der Waals surface area contributed by atoms with E-state index in [0.29, 0.717) is 0 Å². The molecule has 51 heavy (non-hydrogen) atoms. The Morgan fingerprint density at radius 3 is 1.96 bits per heavy atom. The van der Waals surface area contributed by atoms with Gasteiger partial charge in [-0.1, -0.05) is 141 Å². The number of para-hydroxylation sites is 2. The topological polar surface area (TPSA) is 16.4 Å². The monoisotopic (exact) mass is 653 g/mol. The average Bonchev–Trinajstić information content (AvgIpc) is 3.67. The van der Waals surface area contributed by atoms with Gasteiger partial charge in [-0.15, -0.1) is 0 Å². The fourth-order valence-corrected chi connectivity index (χ4v) is 8.24. The number of nitrogens with zero attached hydrogens (tertiary/aromatic N) is 1. The van der Waals surface area contributed by atoms with Gasteiger partial charge in [0, 0.05) is 38.8 Å². The normalized spacial score (nSPS) is 13.1. The summed E-state index contributed by atoms with van der Waals surface area (Å²) in [7, 11) is 0. The van der Waals surface area contributed by atoms with Crippen LogP contribution in [0.3, 0.4) is 0 Å². The lowest BCUT2D eigenvalue weighted by Gasteiger charge is -2.28. The van der Waals surface area contributed by atoms with E-state index in [0.717, 1.165) is 50.1 Å². The van der Waals surface area contributed by atoms with Crippen LogP contribution < -0.4 is 4.90 Å². The maximum Gasteiger partial charge on any atom is 0.143 e. The van der Waals surface area contributed by atoms with E-state index in [1.165, 1.54) is 44.2 Å². The van der Waals surface area contributed by atoms with Gasteiger partial charge in [0.25, 0.3) is 0 Å². The number of furan rings is 1. The molecule has 0 spiro atoms. The summed E-state index contributed by atoms with van der Waals surface area (Å²) in [4.78, 5) is 2.40. The fraction of sp³-hybridized carbons (Fsp3) is 0.0612. The molecule has 0 saturated carbocycles. The summed E-state index contributed by atoms with van der Waals surface area (Å²) in [5.74, 6) is 0. The fourth-order valence-electron chi connectivity index (χ4n) is 8.24. The van der Waals surface area contributed by atoms with Crippen molar-refractivity contribution in [2.24, 2.45) is 0 Å². The number of hydrogen-bond donors (Lipinski definition) is 0. The third-order valence-corrected chi connectivity index (χ3v) is 10.9. The van der Waals surface area contributed by atoms with E-state index in [1.807, 2.05) is 12.1 Å². The molecule has 0 unspecified atom stereocenters. The number of hydrogen-bond acceptors (Lipinski definition) is 2. The molecule has 0 amide bonds. The van der Waals surface area contributed by atoms with Gasteiger partial charge in [0.1, 0.15) is 11.2 Å². The molecule has 0 atom stereocenters. The lowest BCUT2D eigenvalue weighted by atomic mass is 9.82. The molecule has 0 fully saturated rings. The van der Waals surface area contributed by atoms with Crippen LogP contribution in [0.25, 0.3) is 66.1 Å². The van der Waals surface area contributed by atoms with Crippen molar-refractivity contribution in [2.75, 3.05) is 4.90 Å². The first-order valence-electron chi connectivity index (χ1n) is 17.7. The van der Waals surface area contributed by atoms with Gasteiger partial charge in [-0.2, -0.15) is 0 Å². The minimum atomic E-state index is -0.102. The minimum absolute atomic E-state index is 0.102. The van der Waals surface area contributed by atoms with E-state index in [9.17, 15) is 0 Å². The number of rotatable bonds is 5. The second-order valence-electron chi connectivity index (χ2n) is 14.2. The first kappa shape index (κ1) is 29.5. The molecule has 1 aliphatic rings. The van der Waals surface area contributed by atoms with E-state index < -0.39 is 0 Å². The number of benzene rings is 8. The summed E-state index contributed by atoms with van der Waals surface area (Å²) in [5, 5.41) is 4.78. The Morgan fingerprint density at radius 1 is 0.412 bits per heavy atom. The zero-order valence-corrected chi connectivity index (χ0v) is 28.6. The van der Waals surface area contributed by atoms with Crippen molar-refractivity contribution < 1.29 is 4.42 Å². The molecule has 242 valence electrons. The highest BCUT2D eigenvalue weighted by Crippen LogP contribution is 2.51. The summed E-state index contributed by atoms with van der Waals surface area (Å²) in [5.41, 5.74) is 15.1. The maximum atomic E-state index is 6.41. The maximum absolute atomic E-state index is 6.41. The molecule has 0 bridgehead atoms. The van der Waals surface area contributed by atoms with Crippen molar-refractivity contribution >= 4 is 49.8 Å². The minimum Gasteiger partial charge on any atom is -0.455 e. The van der Waals surface area contributed by atoms with E-state index in [4.69, 9.17) is 4.42 Å². The third-order valence-electron chi connectivity index (χ3n) is 10.9. The first-order valence-corrected chi connectivity index (χ1v) is 17.7. The van der Waals surface area contributed by atoms with Crippen LogP contribution in [-0.4, -0.2) is 0 Å². The van der Waals surface area contributed by atoms with Gasteiger partial charge in [-0.3, -0.25) is 0 Å². The van der Waals surface area contributed by atoms with Crippen LogP contribution >= 0.6 is 0 Å². The molecule has 8 aromatic carbocycles. The van der Waals surface area contributed by atoms with Crippen LogP contribution in [0.5, 0.6) is 0 Å². The van der Waals surface area contributed by atoms with Crippen LogP contribution in [-0.2, 0) is 5.41 Å². The summed E-state index contributed by atoms with van der Waals surface area (Å²) in [6.07, 6.45) is 0. The molecule has 2 heteroatoms. The SMILES string of the molecule is CC1(C)c2ccccc2-c2ccc(N(c3ccc(-c4cccc5c4oc4ccccc45)cc3)c3cccc(-c4ccc5ccccc5c4)c3)cc21. The zero-order chi connectivity index (χ0) is 34.1. The quantitative estimate of drug-likeness (QED) is 0.184. The van der Waals surface area contributed by atoms with E-state index in [-0.39, 0.29) is 5.41 Å². The summed E-state index contributed by atoms with van der Waals surface area (Å²) < 4.78 is 6.41. The van der Waals surface area contributed by atoms with Crippen LogP contribution in [0.2, 0.25) is 0 Å². The van der Waals surface area contributed by atoms with Crippen molar-refractivity contribution in [1.82, 2.24) is 0 Å². The summed E-state index contributed by atoms with van der Waals surface area (Å²) in [6, 6.07) is 63.7. The molecule has 1 heterocycles. The van der Waals surface area contributed by atoms with Gasteiger partial charge in [0.2, 0.25) is 0 Å². The lowest BCUT2D eigenvalue weighted by molar-refractivity contribution is 0.660. The molecule has 0 N–H and O–H groups in total. The Kier molecular flexibility index (Phi) is 6.56. The van der Waals surface area contributed by atoms with Crippen LogP contribution in [0.4, 0.5) is 17.1 Å². The second kappa shape index (κ2) is 11.3. The van der Waals surface area contributed by atoms with Gasteiger partial charge in [-0.05, 0) is 98.2 Å². The van der Waals surface area contributed by atoms with Gasteiger partial charge in [-0.25, -0.2) is 0 Å². The Balaban J connectivity index is 1.11. The van der Waals surface area contributed by atoms with Gasteiger partial charge < -0.3 is 9.32 Å². The molecule has 1 aromatic heterocycles. The Hall–Kier alpha value is -6.38. The molecular weight excluding hydrogens is 619 g/mol. The van der Waals surface area contributed by atoms with Gasteiger partial charge in [0.05, 0.1) is 0 Å². The van der Waals surface area contributed by atoms with Gasteiger partial charge >= 0.3 is 0 Å². The molecule has 0 saturated heterocycles. The largest absolute Gasteiger partial charge is 0.455 e. The van der Waals surface area contributed by atoms with Crippen molar-refractivity contribution in [3.8, 4) is 33.4 Å². The molecule has 9 aromatic rings. The highest BCUT2D eigenvalue weighted by molar-refractivity contribution is 6.09. The molecule has 0 aliphatic heterocycles. The summed E-state index contributed by atoms with van der Waals surface area (Å²) in [6.45, 7) is 4.69. The van der Waals surface area contributed by atoms with Crippen molar-refractivity contribution in [3.63, 3.8) is 0 Å². The second-order valence-corrected chi connectivity index (χ2v) is 14.2. The Morgan fingerprint density at radius 2 is 1.06 bits per heavy atom. The average molecular weight is 654 g/mol. The molecular formula is C49H35NO. The Bertz CT molecular complexity index is 2780. The van der Waals surface area contributed by atoms with E-state index in [1.54, 1.807) is 0 Å². The highest BCUT2D eigenvalue weighted by atomic mass is 16.3. The predicted molar refractivity (Wildman–Crippen MR) is 214 cm³/mol. The van der Waals surface area contributed by atoms with Gasteiger partial charge in [0.15, 0.2) is 0 Å².